The van der Waals surface area contributed by atoms with Crippen molar-refractivity contribution in [1.82, 2.24) is 15.1 Å². The molecule has 0 aliphatic rings. The molecule has 0 saturated carbocycles. The van der Waals surface area contributed by atoms with Crippen molar-refractivity contribution in [1.29, 1.82) is 0 Å². The number of nitrogens with zero attached hydrogens (tertiary/aromatic N) is 2. The number of aromatic nitrogens is 2. The van der Waals surface area contributed by atoms with Gasteiger partial charge in [0.25, 0.3) is 0 Å². The lowest BCUT2D eigenvalue weighted by Gasteiger charge is -2.17. The number of hydrogen-bond donors (Lipinski definition) is 2. The summed E-state index contributed by atoms with van der Waals surface area (Å²) < 4.78 is 1.66. The lowest BCUT2D eigenvalue weighted by Crippen LogP contribution is -2.34. The fourth-order valence-corrected chi connectivity index (χ4v) is 1.88. The maximum Gasteiger partial charge on any atom is 0.249 e. The normalized spacial score (nSPS) is 12.1. The average molecular weight is 261 g/mol. The number of carbonyl (C=O) groups is 1. The zero-order valence-corrected chi connectivity index (χ0v) is 10.8. The molecule has 5 heteroatoms. The summed E-state index contributed by atoms with van der Waals surface area (Å²) >= 11 is 4.09. The van der Waals surface area contributed by atoms with Gasteiger partial charge in [0, 0.05) is 24.7 Å². The Kier molecular flexibility index (Phi) is 4.41. The first-order valence-electron chi connectivity index (χ1n) is 5.75. The maximum absolute atomic E-state index is 12.2. The summed E-state index contributed by atoms with van der Waals surface area (Å²) in [5.41, 5.74) is 0.915. The highest BCUT2D eigenvalue weighted by Gasteiger charge is 2.21. The molecule has 0 bridgehead atoms. The van der Waals surface area contributed by atoms with Gasteiger partial charge in [0.05, 0.1) is 0 Å². The van der Waals surface area contributed by atoms with E-state index < -0.39 is 6.04 Å². The first-order chi connectivity index (χ1) is 8.83. The summed E-state index contributed by atoms with van der Waals surface area (Å²) in [5, 5.41) is 7.00. The molecular formula is C13H15N3OS. The zero-order valence-electron chi connectivity index (χ0n) is 9.86. The van der Waals surface area contributed by atoms with Crippen LogP contribution in [0.4, 0.5) is 0 Å². The Hall–Kier alpha value is -1.75. The Labute approximate surface area is 111 Å². The van der Waals surface area contributed by atoms with Gasteiger partial charge in [-0.3, -0.25) is 9.48 Å². The van der Waals surface area contributed by atoms with Gasteiger partial charge in [0.2, 0.25) is 5.91 Å². The van der Waals surface area contributed by atoms with Crippen molar-refractivity contribution in [3.05, 3.63) is 54.4 Å². The molecule has 1 unspecified atom stereocenters. The molecule has 0 aliphatic carbocycles. The molecule has 94 valence electrons. The van der Waals surface area contributed by atoms with Crippen LogP contribution in [0, 0.1) is 0 Å². The van der Waals surface area contributed by atoms with E-state index >= 15 is 0 Å². The molecule has 4 nitrogen and oxygen atoms in total. The van der Waals surface area contributed by atoms with Crippen molar-refractivity contribution < 1.29 is 4.79 Å². The number of carbonyl (C=O) groups excluding carboxylic acids is 1. The highest BCUT2D eigenvalue weighted by atomic mass is 32.1. The standard InChI is InChI=1S/C13H15N3OS/c17-13(14-8-10-18)12(16-9-4-7-15-16)11-5-2-1-3-6-11/h1-7,9,12,18H,8,10H2,(H,14,17). The SMILES string of the molecule is O=C(NCCS)C(c1ccccc1)n1cccn1. The molecule has 1 aromatic heterocycles. The lowest BCUT2D eigenvalue weighted by molar-refractivity contribution is -0.123. The monoisotopic (exact) mass is 261 g/mol. The minimum atomic E-state index is -0.430. The van der Waals surface area contributed by atoms with Crippen LogP contribution in [0.3, 0.4) is 0 Å². The van der Waals surface area contributed by atoms with Crippen LogP contribution in [0.2, 0.25) is 0 Å². The van der Waals surface area contributed by atoms with Crippen LogP contribution in [0.15, 0.2) is 48.8 Å². The smallest absolute Gasteiger partial charge is 0.249 e. The van der Waals surface area contributed by atoms with Crippen molar-refractivity contribution >= 4 is 18.5 Å². The molecule has 1 amide bonds. The second-order valence-electron chi connectivity index (χ2n) is 3.81. The third-order valence-electron chi connectivity index (χ3n) is 2.56. The minimum absolute atomic E-state index is 0.0704. The molecule has 1 heterocycles. The average Bonchev–Trinajstić information content (AvgIpc) is 2.92. The van der Waals surface area contributed by atoms with Crippen molar-refractivity contribution in [2.45, 2.75) is 6.04 Å². The largest absolute Gasteiger partial charge is 0.353 e. The Balaban J connectivity index is 2.27. The number of nitrogens with one attached hydrogen (secondary N) is 1. The maximum atomic E-state index is 12.2. The van der Waals surface area contributed by atoms with Crippen LogP contribution < -0.4 is 5.32 Å². The van der Waals surface area contributed by atoms with E-state index in [9.17, 15) is 4.79 Å². The summed E-state index contributed by atoms with van der Waals surface area (Å²) in [7, 11) is 0. The zero-order chi connectivity index (χ0) is 12.8. The molecule has 0 saturated heterocycles. The van der Waals surface area contributed by atoms with Gasteiger partial charge >= 0.3 is 0 Å². The summed E-state index contributed by atoms with van der Waals surface area (Å²) in [6.45, 7) is 0.548. The number of thiol groups is 1. The third-order valence-corrected chi connectivity index (χ3v) is 2.79. The van der Waals surface area contributed by atoms with Gasteiger partial charge in [-0.05, 0) is 11.6 Å². The van der Waals surface area contributed by atoms with Crippen molar-refractivity contribution in [3.8, 4) is 0 Å². The van der Waals surface area contributed by atoms with Crippen LogP contribution in [0.5, 0.6) is 0 Å². The highest BCUT2D eigenvalue weighted by molar-refractivity contribution is 7.80. The van der Waals surface area contributed by atoms with Gasteiger partial charge in [-0.1, -0.05) is 30.3 Å². The lowest BCUT2D eigenvalue weighted by atomic mass is 10.1. The molecular weight excluding hydrogens is 246 g/mol. The first-order valence-corrected chi connectivity index (χ1v) is 6.39. The van der Waals surface area contributed by atoms with Crippen LogP contribution in [-0.4, -0.2) is 28.0 Å². The topological polar surface area (TPSA) is 46.9 Å². The Bertz CT molecular complexity index is 484. The molecule has 1 aromatic carbocycles. The summed E-state index contributed by atoms with van der Waals surface area (Å²) in [6.07, 6.45) is 3.46. The van der Waals surface area contributed by atoms with Crippen molar-refractivity contribution in [3.63, 3.8) is 0 Å². The molecule has 0 aliphatic heterocycles. The van der Waals surface area contributed by atoms with Crippen molar-refractivity contribution in [2.75, 3.05) is 12.3 Å². The van der Waals surface area contributed by atoms with Crippen LogP contribution in [0.1, 0.15) is 11.6 Å². The van der Waals surface area contributed by atoms with Crippen LogP contribution >= 0.6 is 12.6 Å². The van der Waals surface area contributed by atoms with Crippen LogP contribution in [0.25, 0.3) is 0 Å². The first kappa shape index (κ1) is 12.7. The molecule has 2 rings (SSSR count). The van der Waals surface area contributed by atoms with E-state index in [0.717, 1.165) is 5.56 Å². The summed E-state index contributed by atoms with van der Waals surface area (Å²) in [6, 6.07) is 11.0. The van der Waals surface area contributed by atoms with Gasteiger partial charge in [-0.15, -0.1) is 0 Å². The number of rotatable bonds is 5. The van der Waals surface area contributed by atoms with E-state index in [1.807, 2.05) is 36.4 Å². The fraction of sp³-hybridized carbons (Fsp3) is 0.231. The highest BCUT2D eigenvalue weighted by Crippen LogP contribution is 2.17. The second-order valence-corrected chi connectivity index (χ2v) is 4.26. The van der Waals surface area contributed by atoms with Gasteiger partial charge < -0.3 is 5.32 Å². The Morgan fingerprint density at radius 1 is 1.33 bits per heavy atom. The predicted molar refractivity (Wildman–Crippen MR) is 73.7 cm³/mol. The number of amides is 1. The minimum Gasteiger partial charge on any atom is -0.353 e. The van der Waals surface area contributed by atoms with Crippen molar-refractivity contribution in [2.24, 2.45) is 0 Å². The Morgan fingerprint density at radius 3 is 2.72 bits per heavy atom. The van der Waals surface area contributed by atoms with Gasteiger partial charge in [0.15, 0.2) is 6.04 Å². The van der Waals surface area contributed by atoms with E-state index in [1.165, 1.54) is 0 Å². The van der Waals surface area contributed by atoms with E-state index in [4.69, 9.17) is 0 Å². The molecule has 1 atom stereocenters. The summed E-state index contributed by atoms with van der Waals surface area (Å²) in [4.78, 5) is 12.2. The van der Waals surface area contributed by atoms with Gasteiger partial charge in [-0.25, -0.2) is 0 Å². The van der Waals surface area contributed by atoms with E-state index in [-0.39, 0.29) is 5.91 Å². The van der Waals surface area contributed by atoms with E-state index in [0.29, 0.717) is 12.3 Å². The number of benzene rings is 1. The fourth-order valence-electron chi connectivity index (χ4n) is 1.77. The Morgan fingerprint density at radius 2 is 2.11 bits per heavy atom. The van der Waals surface area contributed by atoms with Gasteiger partial charge in [-0.2, -0.15) is 17.7 Å². The molecule has 2 aromatic rings. The quantitative estimate of drug-likeness (QED) is 0.802. The summed E-state index contributed by atoms with van der Waals surface area (Å²) in [5.74, 6) is 0.547. The molecule has 0 radical (unpaired) electrons. The van der Waals surface area contributed by atoms with E-state index in [2.05, 4.69) is 23.0 Å². The molecule has 18 heavy (non-hydrogen) atoms. The molecule has 0 fully saturated rings. The third kappa shape index (κ3) is 2.92. The van der Waals surface area contributed by atoms with Gasteiger partial charge in [0.1, 0.15) is 0 Å². The second kappa shape index (κ2) is 6.26. The van der Waals surface area contributed by atoms with E-state index in [1.54, 1.807) is 17.1 Å². The predicted octanol–water partition coefficient (Wildman–Crippen LogP) is 1.52. The molecule has 1 N–H and O–H groups in total. The molecule has 0 spiro atoms. The van der Waals surface area contributed by atoms with Crippen LogP contribution in [-0.2, 0) is 4.79 Å². The number of hydrogen-bond acceptors (Lipinski definition) is 3.